The molecule has 21 heavy (non-hydrogen) atoms. The molecule has 1 aliphatic rings. The summed E-state index contributed by atoms with van der Waals surface area (Å²) in [6, 6.07) is 3.72. The summed E-state index contributed by atoms with van der Waals surface area (Å²) in [5, 5.41) is 7.64. The number of carbonyl (C=O) groups excluding carboxylic acids is 2. The summed E-state index contributed by atoms with van der Waals surface area (Å²) in [5.74, 6) is -0.00837. The van der Waals surface area contributed by atoms with Gasteiger partial charge in [0, 0.05) is 45.8 Å². The van der Waals surface area contributed by atoms with Crippen LogP contribution in [-0.4, -0.2) is 67.6 Å². The zero-order valence-corrected chi connectivity index (χ0v) is 13.1. The predicted octanol–water partition coefficient (Wildman–Crippen LogP) is 0.825. The Hall–Kier alpha value is -1.60. The maximum Gasteiger partial charge on any atom is 0.317 e. The lowest BCUT2D eigenvalue weighted by molar-refractivity contribution is 0.0946. The van der Waals surface area contributed by atoms with Crippen molar-refractivity contribution < 1.29 is 9.59 Å². The molecular weight excluding hydrogens is 288 g/mol. The minimum Gasteiger partial charge on any atom is -0.350 e. The highest BCUT2D eigenvalue weighted by atomic mass is 32.1. The Kier molecular flexibility index (Phi) is 6.01. The molecule has 0 spiro atoms. The van der Waals surface area contributed by atoms with E-state index in [2.05, 4.69) is 15.5 Å². The van der Waals surface area contributed by atoms with Crippen molar-refractivity contribution >= 4 is 23.3 Å². The average Bonchev–Trinajstić information content (AvgIpc) is 3.02. The van der Waals surface area contributed by atoms with Crippen molar-refractivity contribution in [1.82, 2.24) is 20.4 Å². The second-order valence-corrected chi connectivity index (χ2v) is 5.85. The lowest BCUT2D eigenvalue weighted by Gasteiger charge is -2.34. The number of carbonyl (C=O) groups is 2. The Morgan fingerprint density at radius 3 is 2.62 bits per heavy atom. The molecule has 0 bridgehead atoms. The van der Waals surface area contributed by atoms with Crippen molar-refractivity contribution in [2.24, 2.45) is 0 Å². The van der Waals surface area contributed by atoms with Gasteiger partial charge in [0.25, 0.3) is 5.91 Å². The number of hydrogen-bond acceptors (Lipinski definition) is 4. The number of urea groups is 1. The van der Waals surface area contributed by atoms with Crippen LogP contribution in [0.4, 0.5) is 4.79 Å². The molecule has 1 aromatic heterocycles. The number of amides is 3. The van der Waals surface area contributed by atoms with E-state index in [9.17, 15) is 9.59 Å². The van der Waals surface area contributed by atoms with Crippen LogP contribution in [-0.2, 0) is 0 Å². The standard InChI is InChI=1S/C14H22N4O2S/c1-2-15-14(20)18-9-7-17(8-10-18)6-5-16-13(19)12-4-3-11-21-12/h3-4,11H,2,5-10H2,1H3,(H,15,20)(H,16,19). The fourth-order valence-corrected chi connectivity index (χ4v) is 2.90. The van der Waals surface area contributed by atoms with Gasteiger partial charge in [0.2, 0.25) is 0 Å². The molecule has 2 N–H and O–H groups in total. The van der Waals surface area contributed by atoms with E-state index in [0.29, 0.717) is 13.1 Å². The first-order valence-corrected chi connectivity index (χ1v) is 8.15. The normalized spacial score (nSPS) is 15.8. The Morgan fingerprint density at radius 1 is 1.24 bits per heavy atom. The fourth-order valence-electron chi connectivity index (χ4n) is 2.26. The molecule has 1 aromatic rings. The molecule has 3 amide bonds. The molecule has 0 atom stereocenters. The zero-order chi connectivity index (χ0) is 15.1. The van der Waals surface area contributed by atoms with Gasteiger partial charge in [-0.1, -0.05) is 6.07 Å². The molecule has 0 saturated carbocycles. The van der Waals surface area contributed by atoms with Gasteiger partial charge >= 0.3 is 6.03 Å². The van der Waals surface area contributed by atoms with Crippen molar-refractivity contribution in [1.29, 1.82) is 0 Å². The molecule has 0 unspecified atom stereocenters. The topological polar surface area (TPSA) is 64.7 Å². The summed E-state index contributed by atoms with van der Waals surface area (Å²) < 4.78 is 0. The van der Waals surface area contributed by atoms with Gasteiger partial charge in [-0.25, -0.2) is 4.79 Å². The summed E-state index contributed by atoms with van der Waals surface area (Å²) in [6.45, 7) is 7.23. The number of hydrogen-bond donors (Lipinski definition) is 2. The monoisotopic (exact) mass is 310 g/mol. The molecule has 116 valence electrons. The van der Waals surface area contributed by atoms with E-state index < -0.39 is 0 Å². The minimum atomic E-state index is -0.00837. The SMILES string of the molecule is CCNC(=O)N1CCN(CCNC(=O)c2cccs2)CC1. The molecule has 1 saturated heterocycles. The molecule has 0 aliphatic carbocycles. The van der Waals surface area contributed by atoms with E-state index in [1.807, 2.05) is 29.3 Å². The minimum absolute atomic E-state index is 0.00837. The number of nitrogens with one attached hydrogen (secondary N) is 2. The van der Waals surface area contributed by atoms with E-state index in [4.69, 9.17) is 0 Å². The smallest absolute Gasteiger partial charge is 0.317 e. The molecule has 2 heterocycles. The van der Waals surface area contributed by atoms with E-state index in [1.165, 1.54) is 11.3 Å². The summed E-state index contributed by atoms with van der Waals surface area (Å²) >= 11 is 1.45. The van der Waals surface area contributed by atoms with Crippen LogP contribution in [0.25, 0.3) is 0 Å². The Balaban J connectivity index is 1.63. The molecule has 1 fully saturated rings. The first-order valence-electron chi connectivity index (χ1n) is 7.27. The van der Waals surface area contributed by atoms with Crippen LogP contribution in [0.3, 0.4) is 0 Å². The molecule has 2 rings (SSSR count). The number of thiophene rings is 1. The summed E-state index contributed by atoms with van der Waals surface area (Å²) in [4.78, 5) is 28.3. The van der Waals surface area contributed by atoms with Crippen LogP contribution in [0.5, 0.6) is 0 Å². The molecule has 1 aliphatic heterocycles. The lowest BCUT2D eigenvalue weighted by Crippen LogP contribution is -2.52. The van der Waals surface area contributed by atoms with Gasteiger partial charge in [-0.2, -0.15) is 0 Å². The number of piperazine rings is 1. The molecular formula is C14H22N4O2S. The second kappa shape index (κ2) is 7.99. The van der Waals surface area contributed by atoms with Gasteiger partial charge in [0.1, 0.15) is 0 Å². The van der Waals surface area contributed by atoms with Crippen LogP contribution >= 0.6 is 11.3 Å². The highest BCUT2D eigenvalue weighted by Crippen LogP contribution is 2.07. The number of rotatable bonds is 5. The summed E-state index contributed by atoms with van der Waals surface area (Å²) in [7, 11) is 0. The zero-order valence-electron chi connectivity index (χ0n) is 12.3. The van der Waals surface area contributed by atoms with Gasteiger partial charge < -0.3 is 15.5 Å². The molecule has 0 radical (unpaired) electrons. The first kappa shape index (κ1) is 15.8. The van der Waals surface area contributed by atoms with Crippen molar-refractivity contribution in [3.05, 3.63) is 22.4 Å². The van der Waals surface area contributed by atoms with Crippen molar-refractivity contribution in [3.63, 3.8) is 0 Å². The van der Waals surface area contributed by atoms with Crippen LogP contribution in [0.15, 0.2) is 17.5 Å². The van der Waals surface area contributed by atoms with Gasteiger partial charge in [-0.3, -0.25) is 9.69 Å². The third-order valence-electron chi connectivity index (χ3n) is 3.45. The predicted molar refractivity (Wildman–Crippen MR) is 83.7 cm³/mol. The second-order valence-electron chi connectivity index (χ2n) is 4.90. The quantitative estimate of drug-likeness (QED) is 0.846. The molecule has 6 nitrogen and oxygen atoms in total. The van der Waals surface area contributed by atoms with E-state index >= 15 is 0 Å². The summed E-state index contributed by atoms with van der Waals surface area (Å²) in [6.07, 6.45) is 0. The van der Waals surface area contributed by atoms with Crippen molar-refractivity contribution in [3.8, 4) is 0 Å². The maximum atomic E-state index is 11.8. The highest BCUT2D eigenvalue weighted by molar-refractivity contribution is 7.12. The fraction of sp³-hybridized carbons (Fsp3) is 0.571. The summed E-state index contributed by atoms with van der Waals surface area (Å²) in [5.41, 5.74) is 0. The van der Waals surface area contributed by atoms with Gasteiger partial charge in [0.05, 0.1) is 4.88 Å². The van der Waals surface area contributed by atoms with Gasteiger partial charge in [-0.15, -0.1) is 11.3 Å². The van der Waals surface area contributed by atoms with Crippen molar-refractivity contribution in [2.75, 3.05) is 45.8 Å². The Labute approximate surface area is 129 Å². The maximum absolute atomic E-state index is 11.8. The van der Waals surface area contributed by atoms with E-state index in [0.717, 1.165) is 37.6 Å². The van der Waals surface area contributed by atoms with E-state index in [1.54, 1.807) is 0 Å². The third kappa shape index (κ3) is 4.71. The van der Waals surface area contributed by atoms with E-state index in [-0.39, 0.29) is 11.9 Å². The number of nitrogens with zero attached hydrogens (tertiary/aromatic N) is 2. The average molecular weight is 310 g/mol. The lowest BCUT2D eigenvalue weighted by atomic mass is 10.3. The van der Waals surface area contributed by atoms with Crippen LogP contribution in [0.2, 0.25) is 0 Å². The van der Waals surface area contributed by atoms with Crippen LogP contribution in [0, 0.1) is 0 Å². The Morgan fingerprint density at radius 2 is 2.00 bits per heavy atom. The first-order chi connectivity index (χ1) is 10.2. The van der Waals surface area contributed by atoms with Gasteiger partial charge in [0.15, 0.2) is 0 Å². The molecule has 0 aromatic carbocycles. The Bertz CT molecular complexity index is 456. The highest BCUT2D eigenvalue weighted by Gasteiger charge is 2.20. The molecule has 7 heteroatoms. The van der Waals surface area contributed by atoms with Crippen LogP contribution in [0.1, 0.15) is 16.6 Å². The van der Waals surface area contributed by atoms with Gasteiger partial charge in [-0.05, 0) is 18.4 Å². The van der Waals surface area contributed by atoms with Crippen molar-refractivity contribution in [2.45, 2.75) is 6.92 Å². The van der Waals surface area contributed by atoms with Crippen LogP contribution < -0.4 is 10.6 Å². The third-order valence-corrected chi connectivity index (χ3v) is 4.31. The largest absolute Gasteiger partial charge is 0.350 e.